The number of urea groups is 1. The van der Waals surface area contributed by atoms with Gasteiger partial charge >= 0.3 is 18.4 Å². The van der Waals surface area contributed by atoms with E-state index in [0.29, 0.717) is 12.1 Å². The molecule has 2 amide bonds. The summed E-state index contributed by atoms with van der Waals surface area (Å²) >= 11 is 1.73. The van der Waals surface area contributed by atoms with Gasteiger partial charge in [0.05, 0.1) is 36.7 Å². The van der Waals surface area contributed by atoms with Crippen LogP contribution in [0, 0.1) is 0 Å². The van der Waals surface area contributed by atoms with Crippen LogP contribution < -0.4 is 31.6 Å². The van der Waals surface area contributed by atoms with Crippen LogP contribution in [0.1, 0.15) is 11.1 Å². The number of carbonyl (C=O) groups excluding carboxylic acids is 1. The molecule has 0 aromatic heterocycles. The van der Waals surface area contributed by atoms with Gasteiger partial charge in [0.15, 0.2) is 0 Å². The number of rotatable bonds is 10. The number of nitrogens with one attached hydrogen (secondary N) is 2. The number of anilines is 2. The zero-order chi connectivity index (χ0) is 27.1. The Morgan fingerprint density at radius 1 is 0.778 bits per heavy atom. The van der Waals surface area contributed by atoms with E-state index in [0.717, 1.165) is 35.7 Å². The van der Waals surface area contributed by atoms with Gasteiger partial charge in [-0.2, -0.15) is 26.3 Å². The number of amides is 2. The summed E-state index contributed by atoms with van der Waals surface area (Å²) in [5, 5.41) is 4.39. The molecule has 0 aliphatic heterocycles. The molecule has 2 rings (SSSR count). The first-order valence-corrected chi connectivity index (χ1v) is 12.1. The largest absolute Gasteiger partial charge is 0.495 e. The number of methoxy groups -OCH3 is 2. The molecule has 0 fully saturated rings. The molecule has 0 aliphatic rings. The maximum absolute atomic E-state index is 13.6. The molecule has 200 valence electrons. The van der Waals surface area contributed by atoms with Crippen molar-refractivity contribution in [2.75, 3.05) is 49.4 Å². The minimum atomic E-state index is -4.75. The summed E-state index contributed by atoms with van der Waals surface area (Å²) in [6.07, 6.45) is -9.50. The maximum Gasteiger partial charge on any atom is 0.417 e. The van der Waals surface area contributed by atoms with Crippen molar-refractivity contribution in [1.29, 1.82) is 0 Å². The smallest absolute Gasteiger partial charge is 0.417 e. The molecule has 0 bridgehead atoms. The second kappa shape index (κ2) is 12.7. The van der Waals surface area contributed by atoms with Gasteiger partial charge in [0, 0.05) is 34.4 Å². The highest BCUT2D eigenvalue weighted by Gasteiger charge is 2.36. The van der Waals surface area contributed by atoms with Crippen LogP contribution in [-0.4, -0.2) is 44.8 Å². The van der Waals surface area contributed by atoms with E-state index in [1.165, 1.54) is 14.2 Å². The van der Waals surface area contributed by atoms with E-state index < -0.39 is 29.5 Å². The molecule has 0 radical (unpaired) electrons. The summed E-state index contributed by atoms with van der Waals surface area (Å²) in [6.45, 7) is 0.274. The lowest BCUT2D eigenvalue weighted by Crippen LogP contribution is -2.21. The Morgan fingerprint density at radius 3 is 1.42 bits per heavy atom. The van der Waals surface area contributed by atoms with Crippen LogP contribution in [0.5, 0.6) is 11.5 Å². The molecule has 6 N–H and O–H groups in total. The van der Waals surface area contributed by atoms with Crippen molar-refractivity contribution in [2.45, 2.75) is 22.1 Å². The molecule has 15 heteroatoms. The van der Waals surface area contributed by atoms with Crippen molar-refractivity contribution in [3.8, 4) is 11.5 Å². The van der Waals surface area contributed by atoms with Crippen molar-refractivity contribution in [3.63, 3.8) is 0 Å². The number of thioether (sulfide) groups is 2. The van der Waals surface area contributed by atoms with Crippen LogP contribution >= 0.6 is 23.5 Å². The van der Waals surface area contributed by atoms with Gasteiger partial charge in [-0.15, -0.1) is 23.5 Å². The number of benzene rings is 2. The third-order valence-electron chi connectivity index (χ3n) is 4.46. The molecule has 0 saturated heterocycles. The number of hydrogen-bond donors (Lipinski definition) is 4. The first-order valence-electron chi connectivity index (χ1n) is 10.2. The topological polar surface area (TPSA) is 112 Å². The van der Waals surface area contributed by atoms with Gasteiger partial charge in [-0.05, 0) is 24.3 Å². The molecule has 0 atom stereocenters. The highest BCUT2D eigenvalue weighted by molar-refractivity contribution is 7.99. The van der Waals surface area contributed by atoms with Crippen molar-refractivity contribution < 1.29 is 40.6 Å². The highest BCUT2D eigenvalue weighted by Crippen LogP contribution is 2.43. The fraction of sp³-hybridized carbons (Fsp3) is 0.381. The lowest BCUT2D eigenvalue weighted by atomic mass is 10.1. The first-order chi connectivity index (χ1) is 16.8. The molecule has 0 saturated carbocycles. The van der Waals surface area contributed by atoms with Crippen LogP contribution in [0.25, 0.3) is 0 Å². The predicted molar refractivity (Wildman–Crippen MR) is 128 cm³/mol. The second-order valence-electron chi connectivity index (χ2n) is 6.95. The monoisotopic (exact) mass is 558 g/mol. The molecule has 0 heterocycles. The number of carbonyl (C=O) groups is 1. The van der Waals surface area contributed by atoms with Gasteiger partial charge in [-0.1, -0.05) is 0 Å². The van der Waals surface area contributed by atoms with Crippen LogP contribution in [0.15, 0.2) is 34.1 Å². The summed E-state index contributed by atoms with van der Waals surface area (Å²) in [7, 11) is 2.39. The second-order valence-corrected chi connectivity index (χ2v) is 9.22. The molecular weight excluding hydrogens is 534 g/mol. The fourth-order valence-electron chi connectivity index (χ4n) is 2.95. The zero-order valence-corrected chi connectivity index (χ0v) is 20.7. The van der Waals surface area contributed by atoms with Gasteiger partial charge < -0.3 is 31.6 Å². The summed E-state index contributed by atoms with van der Waals surface area (Å²) < 4.78 is 91.9. The van der Waals surface area contributed by atoms with Gasteiger partial charge in [0.25, 0.3) is 0 Å². The molecule has 0 aliphatic carbocycles. The fourth-order valence-corrected chi connectivity index (χ4v) is 4.67. The molecule has 2 aromatic rings. The normalized spacial score (nSPS) is 11.8. The van der Waals surface area contributed by atoms with Gasteiger partial charge in [0.1, 0.15) is 11.5 Å². The average Bonchev–Trinajstić information content (AvgIpc) is 2.80. The Balaban J connectivity index is 2.42. The average molecular weight is 559 g/mol. The minimum Gasteiger partial charge on any atom is -0.495 e. The molecular formula is C21H24F6N4O3S2. The maximum atomic E-state index is 13.6. The zero-order valence-electron chi connectivity index (χ0n) is 19.1. The molecule has 7 nitrogen and oxygen atoms in total. The standard InChI is InChI=1S/C21H24F6N4O3S2/c1-33-15-9-17(35-5-3-28)11(20(22,23)24)7-13(15)30-19(32)31-14-8-12(21(25,26)27)18(36-6-4-29)10-16(14)34-2/h7-10H,3-6,28-29H2,1-2H3,(H2,30,31,32). The third kappa shape index (κ3) is 7.75. The van der Waals surface area contributed by atoms with Gasteiger partial charge in [-0.25, -0.2) is 4.79 Å². The summed E-state index contributed by atoms with van der Waals surface area (Å²) in [5.41, 5.74) is 8.02. The summed E-state index contributed by atoms with van der Waals surface area (Å²) in [5.74, 6) is 0.240. The predicted octanol–water partition coefficient (Wildman–Crippen LogP) is 5.49. The van der Waals surface area contributed by atoms with Gasteiger partial charge in [0.2, 0.25) is 0 Å². The van der Waals surface area contributed by atoms with E-state index in [4.69, 9.17) is 20.9 Å². The van der Waals surface area contributed by atoms with Gasteiger partial charge in [-0.3, -0.25) is 0 Å². The van der Waals surface area contributed by atoms with Crippen molar-refractivity contribution in [2.24, 2.45) is 11.5 Å². The summed E-state index contributed by atoms with van der Waals surface area (Å²) in [6, 6.07) is 2.46. The lowest BCUT2D eigenvalue weighted by molar-refractivity contribution is -0.140. The van der Waals surface area contributed by atoms with Crippen LogP contribution in [0.2, 0.25) is 0 Å². The molecule has 0 spiro atoms. The SMILES string of the molecule is COc1cc(SCCN)c(C(F)(F)F)cc1NC(=O)Nc1cc(C(F)(F)F)c(SCCN)cc1OC. The molecule has 36 heavy (non-hydrogen) atoms. The van der Waals surface area contributed by atoms with Crippen molar-refractivity contribution in [3.05, 3.63) is 35.4 Å². The van der Waals surface area contributed by atoms with E-state index in [9.17, 15) is 31.1 Å². The highest BCUT2D eigenvalue weighted by atomic mass is 32.2. The van der Waals surface area contributed by atoms with E-state index in [1.54, 1.807) is 0 Å². The van der Waals surface area contributed by atoms with Crippen LogP contribution in [-0.2, 0) is 12.4 Å². The van der Waals surface area contributed by atoms with E-state index >= 15 is 0 Å². The number of nitrogens with two attached hydrogens (primary N) is 2. The first kappa shape index (κ1) is 29.7. The Hall–Kier alpha value is -2.49. The third-order valence-corrected chi connectivity index (χ3v) is 6.64. The van der Waals surface area contributed by atoms with Crippen molar-refractivity contribution in [1.82, 2.24) is 0 Å². The Labute approximate surface area is 211 Å². The quantitative estimate of drug-likeness (QED) is 0.226. The number of alkyl halides is 6. The van der Waals surface area contributed by atoms with E-state index in [2.05, 4.69) is 10.6 Å². The Morgan fingerprint density at radius 2 is 1.14 bits per heavy atom. The molecule has 0 unspecified atom stereocenters. The van der Waals surface area contributed by atoms with Crippen LogP contribution in [0.3, 0.4) is 0 Å². The van der Waals surface area contributed by atoms with Crippen molar-refractivity contribution >= 4 is 40.9 Å². The summed E-state index contributed by atoms with van der Waals surface area (Å²) in [4.78, 5) is 12.3. The minimum absolute atomic E-state index is 0.0888. The lowest BCUT2D eigenvalue weighted by Gasteiger charge is -2.19. The number of hydrogen-bond acceptors (Lipinski definition) is 7. The Kier molecular flexibility index (Phi) is 10.5. The van der Waals surface area contributed by atoms with Crippen LogP contribution in [0.4, 0.5) is 42.5 Å². The Bertz CT molecular complexity index is 986. The number of ether oxygens (including phenoxy) is 2. The number of halogens is 6. The molecule has 2 aromatic carbocycles. The van der Waals surface area contributed by atoms with E-state index in [1.807, 2.05) is 0 Å². The van der Waals surface area contributed by atoms with E-state index in [-0.39, 0.29) is 57.3 Å².